The molecule has 2 rings (SSSR count). The molecular weight excluding hydrogens is 324 g/mol. The maximum Gasteiger partial charge on any atom is 0.124 e. The molecule has 0 unspecified atom stereocenters. The second kappa shape index (κ2) is 8.59. The number of methoxy groups -OCH3 is 1. The summed E-state index contributed by atoms with van der Waals surface area (Å²) in [5.41, 5.74) is 2.41. The third-order valence-corrected chi connectivity index (χ3v) is 6.71. The Bertz CT molecular complexity index is 661. The minimum absolute atomic E-state index is 0.116. The van der Waals surface area contributed by atoms with E-state index < -0.39 is 8.07 Å². The summed E-state index contributed by atoms with van der Waals surface area (Å²) in [5.74, 6) is 0.0504. The van der Waals surface area contributed by atoms with Crippen LogP contribution in [0.1, 0.15) is 24.0 Å². The van der Waals surface area contributed by atoms with Gasteiger partial charge in [-0.15, -0.1) is 0 Å². The maximum atomic E-state index is 13.3. The normalized spacial score (nSPS) is 15.4. The van der Waals surface area contributed by atoms with Gasteiger partial charge in [0, 0.05) is 18.9 Å². The van der Waals surface area contributed by atoms with Gasteiger partial charge in [-0.1, -0.05) is 87.2 Å². The van der Waals surface area contributed by atoms with Gasteiger partial charge in [-0.2, -0.15) is 0 Å². The lowest BCUT2D eigenvalue weighted by atomic mass is 9.84. The van der Waals surface area contributed by atoms with Gasteiger partial charge in [0.15, 0.2) is 0 Å². The Morgan fingerprint density at radius 3 is 1.96 bits per heavy atom. The van der Waals surface area contributed by atoms with Crippen LogP contribution < -0.4 is 0 Å². The van der Waals surface area contributed by atoms with Crippen LogP contribution in [0.5, 0.6) is 0 Å². The Morgan fingerprint density at radius 1 is 0.960 bits per heavy atom. The van der Waals surface area contributed by atoms with E-state index in [4.69, 9.17) is 4.74 Å². The molecule has 2 nitrogen and oxygen atoms in total. The Balaban J connectivity index is 2.36. The maximum absolute atomic E-state index is 13.3. The summed E-state index contributed by atoms with van der Waals surface area (Å²) in [6.07, 6.45) is 0.612. The molecule has 0 saturated carbocycles. The molecule has 0 spiro atoms. The third kappa shape index (κ3) is 5.13. The molecule has 0 heterocycles. The summed E-state index contributed by atoms with van der Waals surface area (Å²) in [6, 6.07) is 20.6. The van der Waals surface area contributed by atoms with Gasteiger partial charge in [0.2, 0.25) is 0 Å². The highest BCUT2D eigenvalue weighted by Gasteiger charge is 2.39. The average molecular weight is 355 g/mol. The van der Waals surface area contributed by atoms with Crippen molar-refractivity contribution in [1.82, 2.24) is 0 Å². The first-order chi connectivity index (χ1) is 11.8. The number of carbonyl (C=O) groups excluding carboxylic acids is 1. The highest BCUT2D eigenvalue weighted by Crippen LogP contribution is 2.31. The smallest absolute Gasteiger partial charge is 0.124 e. The van der Waals surface area contributed by atoms with Gasteiger partial charge >= 0.3 is 0 Å². The number of benzene rings is 2. The van der Waals surface area contributed by atoms with Crippen molar-refractivity contribution in [2.45, 2.75) is 45.0 Å². The van der Waals surface area contributed by atoms with Gasteiger partial charge in [-0.3, -0.25) is 0 Å². The number of ether oxygens (including phenoxy) is 1. The lowest BCUT2D eigenvalue weighted by Crippen LogP contribution is -2.46. The molecule has 0 fully saturated rings. The van der Waals surface area contributed by atoms with Crippen LogP contribution in [-0.4, -0.2) is 26.7 Å². The van der Waals surface area contributed by atoms with Crippen LogP contribution in [0.4, 0.5) is 0 Å². The van der Waals surface area contributed by atoms with Crippen LogP contribution in [0.25, 0.3) is 0 Å². The van der Waals surface area contributed by atoms with E-state index in [9.17, 15) is 4.79 Å². The third-order valence-electron chi connectivity index (χ3n) is 4.86. The van der Waals surface area contributed by atoms with Crippen LogP contribution in [0.2, 0.25) is 19.6 Å². The molecule has 0 N–H and O–H groups in total. The zero-order valence-electron chi connectivity index (χ0n) is 16.0. The molecule has 134 valence electrons. The molecule has 0 bridgehead atoms. The molecule has 0 aromatic heterocycles. The van der Waals surface area contributed by atoms with Crippen molar-refractivity contribution in [2.24, 2.45) is 5.92 Å². The van der Waals surface area contributed by atoms with E-state index in [1.807, 2.05) is 36.4 Å². The molecule has 0 aliphatic carbocycles. The summed E-state index contributed by atoms with van der Waals surface area (Å²) < 4.78 is 5.92. The Labute approximate surface area is 153 Å². The first-order valence-corrected chi connectivity index (χ1v) is 12.5. The Morgan fingerprint density at radius 2 is 1.48 bits per heavy atom. The van der Waals surface area contributed by atoms with Crippen LogP contribution >= 0.6 is 0 Å². The molecule has 3 heteroatoms. The quantitative estimate of drug-likeness (QED) is 0.616. The molecule has 0 aliphatic rings. The standard InChI is InChI=1S/C22H30O2Si/c1-17(19-14-10-7-11-15-19)21(24-2)20(22(23)25(3,4)5)16-18-12-8-6-9-13-18/h6-15,17,20-21H,16H2,1-5H3/t17-,20+,21+/m0/s1. The molecule has 0 amide bonds. The highest BCUT2D eigenvalue weighted by molar-refractivity contribution is 7.03. The molecular formula is C22H30O2Si. The van der Waals surface area contributed by atoms with Crippen LogP contribution in [-0.2, 0) is 16.0 Å². The second-order valence-corrected chi connectivity index (χ2v) is 12.8. The molecule has 0 saturated heterocycles. The minimum Gasteiger partial charge on any atom is -0.380 e. The SMILES string of the molecule is CO[C@@H]([C@@H](Cc1ccccc1)C(=O)[Si](C)(C)C)[C@@H](C)c1ccccc1. The Kier molecular flexibility index (Phi) is 6.74. The fourth-order valence-electron chi connectivity index (χ4n) is 3.45. The van der Waals surface area contributed by atoms with Gasteiger partial charge in [0.25, 0.3) is 0 Å². The van der Waals surface area contributed by atoms with E-state index >= 15 is 0 Å². The summed E-state index contributed by atoms with van der Waals surface area (Å²) in [5, 5.41) is 0.394. The number of rotatable bonds is 8. The van der Waals surface area contributed by atoms with E-state index in [0.717, 1.165) is 6.42 Å². The van der Waals surface area contributed by atoms with E-state index in [-0.39, 0.29) is 17.9 Å². The summed E-state index contributed by atoms with van der Waals surface area (Å²) in [7, 11) is -0.187. The van der Waals surface area contributed by atoms with Gasteiger partial charge in [0.1, 0.15) is 13.5 Å². The lowest BCUT2D eigenvalue weighted by Gasteiger charge is -2.33. The minimum atomic E-state index is -1.92. The van der Waals surface area contributed by atoms with Gasteiger partial charge in [-0.05, 0) is 17.5 Å². The first-order valence-electron chi connectivity index (χ1n) is 9.00. The predicted octanol–water partition coefficient (Wildman–Crippen LogP) is 5.11. The zero-order valence-corrected chi connectivity index (χ0v) is 17.0. The predicted molar refractivity (Wildman–Crippen MR) is 108 cm³/mol. The summed E-state index contributed by atoms with van der Waals surface area (Å²) in [4.78, 5) is 13.3. The summed E-state index contributed by atoms with van der Waals surface area (Å²) >= 11 is 0. The van der Waals surface area contributed by atoms with E-state index in [2.05, 4.69) is 50.8 Å². The molecule has 25 heavy (non-hydrogen) atoms. The van der Waals surface area contributed by atoms with E-state index in [0.29, 0.717) is 5.41 Å². The number of hydrogen-bond donors (Lipinski definition) is 0. The van der Waals surface area contributed by atoms with Crippen molar-refractivity contribution in [3.8, 4) is 0 Å². The van der Waals surface area contributed by atoms with Crippen molar-refractivity contribution in [3.05, 3.63) is 71.8 Å². The fourth-order valence-corrected chi connectivity index (χ4v) is 4.82. The van der Waals surface area contributed by atoms with Gasteiger partial charge in [-0.25, -0.2) is 0 Å². The van der Waals surface area contributed by atoms with Crippen LogP contribution in [0, 0.1) is 5.92 Å². The topological polar surface area (TPSA) is 26.3 Å². The molecule has 2 aromatic carbocycles. The van der Waals surface area contributed by atoms with Crippen molar-refractivity contribution in [1.29, 1.82) is 0 Å². The van der Waals surface area contributed by atoms with E-state index in [1.165, 1.54) is 11.1 Å². The van der Waals surface area contributed by atoms with Crippen LogP contribution in [0.3, 0.4) is 0 Å². The zero-order chi connectivity index (χ0) is 18.4. The lowest BCUT2D eigenvalue weighted by molar-refractivity contribution is -0.121. The monoisotopic (exact) mass is 354 g/mol. The number of hydrogen-bond acceptors (Lipinski definition) is 2. The van der Waals surface area contributed by atoms with Crippen molar-refractivity contribution >= 4 is 13.5 Å². The largest absolute Gasteiger partial charge is 0.380 e. The van der Waals surface area contributed by atoms with Gasteiger partial charge in [0.05, 0.1) is 6.10 Å². The van der Waals surface area contributed by atoms with E-state index in [1.54, 1.807) is 7.11 Å². The van der Waals surface area contributed by atoms with Gasteiger partial charge < -0.3 is 9.53 Å². The van der Waals surface area contributed by atoms with Crippen molar-refractivity contribution in [2.75, 3.05) is 7.11 Å². The number of carbonyl (C=O) groups is 1. The van der Waals surface area contributed by atoms with Crippen molar-refractivity contribution in [3.63, 3.8) is 0 Å². The molecule has 2 aromatic rings. The fraction of sp³-hybridized carbons (Fsp3) is 0.409. The molecule has 0 aliphatic heterocycles. The summed E-state index contributed by atoms with van der Waals surface area (Å²) in [6.45, 7) is 8.56. The second-order valence-electron chi connectivity index (χ2n) is 7.81. The first kappa shape index (κ1) is 19.6. The molecule has 3 atom stereocenters. The Hall–Kier alpha value is -1.71. The molecule has 0 radical (unpaired) electrons. The van der Waals surface area contributed by atoms with Crippen molar-refractivity contribution < 1.29 is 9.53 Å². The average Bonchev–Trinajstić information content (AvgIpc) is 2.61. The van der Waals surface area contributed by atoms with Crippen LogP contribution in [0.15, 0.2) is 60.7 Å². The highest BCUT2D eigenvalue weighted by atomic mass is 28.3.